The summed E-state index contributed by atoms with van der Waals surface area (Å²) in [5, 5.41) is 0. The number of rotatable bonds is 3. The Morgan fingerprint density at radius 2 is 1.92 bits per heavy atom. The van der Waals surface area contributed by atoms with Gasteiger partial charge in [0.1, 0.15) is 11.9 Å². The molecule has 0 radical (unpaired) electrons. The number of ether oxygens (including phenoxy) is 3. The molecule has 0 aliphatic heterocycles. The number of carbonyl (C=O) groups is 1. The summed E-state index contributed by atoms with van der Waals surface area (Å²) in [5.41, 5.74) is 0. The molecule has 0 aromatic heterocycles. The van der Waals surface area contributed by atoms with Crippen molar-refractivity contribution in [3.63, 3.8) is 0 Å². The van der Waals surface area contributed by atoms with Crippen molar-refractivity contribution in [3.05, 3.63) is 11.5 Å². The standard InChI is InChI=1S/C8H12O4/c1-10-5-4-6(11-2)8(12-3)7(5)9/h5H,4H2,1-3H3. The molecule has 0 amide bonds. The Labute approximate surface area is 71.1 Å². The molecule has 0 N–H and O–H groups in total. The minimum absolute atomic E-state index is 0.142. The second-order valence-corrected chi connectivity index (χ2v) is 2.45. The average molecular weight is 172 g/mol. The van der Waals surface area contributed by atoms with E-state index in [2.05, 4.69) is 0 Å². The number of ketones is 1. The summed E-state index contributed by atoms with van der Waals surface area (Å²) in [6.45, 7) is 0. The summed E-state index contributed by atoms with van der Waals surface area (Å²) >= 11 is 0. The molecule has 12 heavy (non-hydrogen) atoms. The Bertz CT molecular complexity index is 219. The first-order valence-electron chi connectivity index (χ1n) is 3.62. The zero-order valence-electron chi connectivity index (χ0n) is 7.42. The monoisotopic (exact) mass is 172 g/mol. The van der Waals surface area contributed by atoms with Gasteiger partial charge in [-0.2, -0.15) is 0 Å². The molecule has 4 heteroatoms. The van der Waals surface area contributed by atoms with Gasteiger partial charge in [0.25, 0.3) is 0 Å². The van der Waals surface area contributed by atoms with E-state index in [1.807, 2.05) is 0 Å². The molecule has 0 fully saturated rings. The van der Waals surface area contributed by atoms with Gasteiger partial charge in [-0.15, -0.1) is 0 Å². The van der Waals surface area contributed by atoms with E-state index in [-0.39, 0.29) is 11.5 Å². The molecular formula is C8H12O4. The predicted octanol–water partition coefficient (Wildman–Crippen LogP) is 0.479. The molecule has 0 heterocycles. The van der Waals surface area contributed by atoms with Crippen LogP contribution in [0.4, 0.5) is 0 Å². The molecule has 0 saturated heterocycles. The lowest BCUT2D eigenvalue weighted by Crippen LogP contribution is -2.18. The summed E-state index contributed by atoms with van der Waals surface area (Å²) in [6, 6.07) is 0. The average Bonchev–Trinajstić information content (AvgIpc) is 2.41. The smallest absolute Gasteiger partial charge is 0.229 e. The first-order chi connectivity index (χ1) is 5.74. The van der Waals surface area contributed by atoms with Gasteiger partial charge in [0.15, 0.2) is 0 Å². The Kier molecular flexibility index (Phi) is 2.70. The number of Topliss-reactive ketones (excluding diaryl/α,β-unsaturated/α-hetero) is 1. The van der Waals surface area contributed by atoms with Crippen molar-refractivity contribution in [2.24, 2.45) is 0 Å². The van der Waals surface area contributed by atoms with Crippen LogP contribution in [0, 0.1) is 0 Å². The fourth-order valence-corrected chi connectivity index (χ4v) is 1.22. The third-order valence-corrected chi connectivity index (χ3v) is 1.88. The molecule has 1 unspecified atom stereocenters. The topological polar surface area (TPSA) is 44.8 Å². The van der Waals surface area contributed by atoms with Crippen molar-refractivity contribution < 1.29 is 19.0 Å². The molecular weight excluding hydrogens is 160 g/mol. The van der Waals surface area contributed by atoms with Gasteiger partial charge in [-0.3, -0.25) is 4.79 Å². The van der Waals surface area contributed by atoms with Crippen molar-refractivity contribution >= 4 is 5.78 Å². The second-order valence-electron chi connectivity index (χ2n) is 2.45. The molecule has 1 rings (SSSR count). The number of hydrogen-bond acceptors (Lipinski definition) is 4. The van der Waals surface area contributed by atoms with Crippen LogP contribution in [0.1, 0.15) is 6.42 Å². The molecule has 0 saturated carbocycles. The van der Waals surface area contributed by atoms with Crippen LogP contribution in [0.15, 0.2) is 11.5 Å². The van der Waals surface area contributed by atoms with Crippen LogP contribution in [0.25, 0.3) is 0 Å². The van der Waals surface area contributed by atoms with E-state index in [9.17, 15) is 4.79 Å². The van der Waals surface area contributed by atoms with Crippen molar-refractivity contribution in [3.8, 4) is 0 Å². The summed E-state index contributed by atoms with van der Waals surface area (Å²) < 4.78 is 14.8. The van der Waals surface area contributed by atoms with Crippen molar-refractivity contribution in [2.75, 3.05) is 21.3 Å². The lowest BCUT2D eigenvalue weighted by atomic mass is 10.3. The molecule has 0 aromatic rings. The van der Waals surface area contributed by atoms with Gasteiger partial charge >= 0.3 is 0 Å². The Balaban J connectivity index is 2.82. The fourth-order valence-electron chi connectivity index (χ4n) is 1.22. The van der Waals surface area contributed by atoms with E-state index in [1.54, 1.807) is 0 Å². The van der Waals surface area contributed by atoms with Crippen LogP contribution in [-0.2, 0) is 19.0 Å². The third-order valence-electron chi connectivity index (χ3n) is 1.88. The first-order valence-corrected chi connectivity index (χ1v) is 3.62. The lowest BCUT2D eigenvalue weighted by Gasteiger charge is -2.03. The normalized spacial score (nSPS) is 23.2. The number of carbonyl (C=O) groups excluding carboxylic acids is 1. The van der Waals surface area contributed by atoms with Gasteiger partial charge in [0.05, 0.1) is 14.2 Å². The van der Waals surface area contributed by atoms with E-state index >= 15 is 0 Å². The van der Waals surface area contributed by atoms with Crippen molar-refractivity contribution in [1.82, 2.24) is 0 Å². The minimum atomic E-state index is -0.435. The van der Waals surface area contributed by atoms with E-state index in [1.165, 1.54) is 21.3 Å². The van der Waals surface area contributed by atoms with Gasteiger partial charge in [-0.05, 0) is 0 Å². The first kappa shape index (κ1) is 9.06. The zero-order valence-corrected chi connectivity index (χ0v) is 7.42. The van der Waals surface area contributed by atoms with E-state index < -0.39 is 6.10 Å². The van der Waals surface area contributed by atoms with Gasteiger partial charge in [-0.1, -0.05) is 0 Å². The van der Waals surface area contributed by atoms with Crippen LogP contribution in [-0.4, -0.2) is 33.2 Å². The highest BCUT2D eigenvalue weighted by atomic mass is 16.5. The maximum absolute atomic E-state index is 11.3. The van der Waals surface area contributed by atoms with Crippen molar-refractivity contribution in [2.45, 2.75) is 12.5 Å². The van der Waals surface area contributed by atoms with Crippen LogP contribution >= 0.6 is 0 Å². The highest BCUT2D eigenvalue weighted by Gasteiger charge is 2.35. The Morgan fingerprint density at radius 1 is 1.25 bits per heavy atom. The molecule has 1 aliphatic rings. The molecule has 68 valence electrons. The molecule has 1 aliphatic carbocycles. The molecule has 4 nitrogen and oxygen atoms in total. The lowest BCUT2D eigenvalue weighted by molar-refractivity contribution is -0.126. The summed E-state index contributed by atoms with van der Waals surface area (Å²) in [4.78, 5) is 11.3. The predicted molar refractivity (Wildman–Crippen MR) is 41.5 cm³/mol. The number of methoxy groups -OCH3 is 3. The summed E-state index contributed by atoms with van der Waals surface area (Å²) in [5.74, 6) is 0.704. The maximum atomic E-state index is 11.3. The molecule has 0 aromatic carbocycles. The minimum Gasteiger partial charge on any atom is -0.497 e. The fraction of sp³-hybridized carbons (Fsp3) is 0.625. The third kappa shape index (κ3) is 1.30. The molecule has 0 spiro atoms. The highest BCUT2D eigenvalue weighted by molar-refractivity contribution is 6.00. The second kappa shape index (κ2) is 3.58. The van der Waals surface area contributed by atoms with E-state index in [0.29, 0.717) is 12.2 Å². The Morgan fingerprint density at radius 3 is 2.25 bits per heavy atom. The van der Waals surface area contributed by atoms with Crippen LogP contribution in [0.3, 0.4) is 0 Å². The van der Waals surface area contributed by atoms with Gasteiger partial charge in [0.2, 0.25) is 11.5 Å². The largest absolute Gasteiger partial charge is 0.497 e. The van der Waals surface area contributed by atoms with Crippen molar-refractivity contribution in [1.29, 1.82) is 0 Å². The van der Waals surface area contributed by atoms with Gasteiger partial charge < -0.3 is 14.2 Å². The van der Waals surface area contributed by atoms with Crippen LogP contribution in [0.2, 0.25) is 0 Å². The zero-order chi connectivity index (χ0) is 9.14. The van der Waals surface area contributed by atoms with Crippen LogP contribution < -0.4 is 0 Å². The van der Waals surface area contributed by atoms with Gasteiger partial charge in [0, 0.05) is 13.5 Å². The van der Waals surface area contributed by atoms with E-state index in [0.717, 1.165) is 0 Å². The summed E-state index contributed by atoms with van der Waals surface area (Å²) in [7, 11) is 4.46. The SMILES string of the molecule is COC1=C(OC)C(=O)C(OC)C1. The maximum Gasteiger partial charge on any atom is 0.229 e. The van der Waals surface area contributed by atoms with E-state index in [4.69, 9.17) is 14.2 Å². The molecule has 1 atom stereocenters. The molecule has 0 bridgehead atoms. The quantitative estimate of drug-likeness (QED) is 0.621. The summed E-state index contributed by atoms with van der Waals surface area (Å²) in [6.07, 6.45) is 0.0320. The highest BCUT2D eigenvalue weighted by Crippen LogP contribution is 2.25. The Hall–Kier alpha value is -1.03. The number of hydrogen-bond donors (Lipinski definition) is 0. The van der Waals surface area contributed by atoms with Crippen LogP contribution in [0.5, 0.6) is 0 Å². The van der Waals surface area contributed by atoms with Gasteiger partial charge in [-0.25, -0.2) is 0 Å².